The SMILES string of the molecule is Cc1ccc(N)cc1SC(C)C(=O)N(C)C. The molecule has 0 aromatic heterocycles. The molecular formula is C12H18N2OS. The van der Waals surface area contributed by atoms with E-state index in [0.29, 0.717) is 0 Å². The van der Waals surface area contributed by atoms with Crippen LogP contribution in [0.4, 0.5) is 5.69 Å². The number of rotatable bonds is 3. The summed E-state index contributed by atoms with van der Waals surface area (Å²) in [4.78, 5) is 14.4. The molecule has 1 unspecified atom stereocenters. The molecule has 88 valence electrons. The van der Waals surface area contributed by atoms with E-state index in [4.69, 9.17) is 5.73 Å². The number of nitrogens with zero attached hydrogens (tertiary/aromatic N) is 1. The van der Waals surface area contributed by atoms with Crippen LogP contribution in [0.1, 0.15) is 12.5 Å². The van der Waals surface area contributed by atoms with Crippen molar-refractivity contribution in [3.05, 3.63) is 23.8 Å². The van der Waals surface area contributed by atoms with Crippen molar-refractivity contribution in [2.45, 2.75) is 24.0 Å². The normalized spacial score (nSPS) is 12.2. The van der Waals surface area contributed by atoms with Crippen LogP contribution in [0.15, 0.2) is 23.1 Å². The Balaban J connectivity index is 2.80. The van der Waals surface area contributed by atoms with Crippen molar-refractivity contribution in [1.82, 2.24) is 4.90 Å². The topological polar surface area (TPSA) is 46.3 Å². The third-order valence-electron chi connectivity index (χ3n) is 2.30. The van der Waals surface area contributed by atoms with Crippen molar-refractivity contribution in [1.29, 1.82) is 0 Å². The molecule has 1 amide bonds. The van der Waals surface area contributed by atoms with Crippen LogP contribution in [0.3, 0.4) is 0 Å². The number of hydrogen-bond donors (Lipinski definition) is 1. The molecule has 0 bridgehead atoms. The molecule has 0 saturated heterocycles. The van der Waals surface area contributed by atoms with Gasteiger partial charge in [0.2, 0.25) is 5.91 Å². The number of nitrogens with two attached hydrogens (primary N) is 1. The van der Waals surface area contributed by atoms with E-state index in [0.717, 1.165) is 16.1 Å². The van der Waals surface area contributed by atoms with Gasteiger partial charge in [-0.25, -0.2) is 0 Å². The molecule has 0 spiro atoms. The second-order valence-corrected chi connectivity index (χ2v) is 5.40. The maximum absolute atomic E-state index is 11.7. The van der Waals surface area contributed by atoms with Crippen molar-refractivity contribution < 1.29 is 4.79 Å². The third-order valence-corrected chi connectivity index (χ3v) is 3.55. The molecule has 1 aromatic rings. The molecule has 0 saturated carbocycles. The average molecular weight is 238 g/mol. The summed E-state index contributed by atoms with van der Waals surface area (Å²) in [6, 6.07) is 5.77. The molecule has 0 aliphatic heterocycles. The number of amides is 1. The highest BCUT2D eigenvalue weighted by Crippen LogP contribution is 2.28. The Hall–Kier alpha value is -1.16. The van der Waals surface area contributed by atoms with E-state index >= 15 is 0 Å². The second-order valence-electron chi connectivity index (χ2n) is 4.02. The molecule has 0 fully saturated rings. The van der Waals surface area contributed by atoms with E-state index < -0.39 is 0 Å². The van der Waals surface area contributed by atoms with Crippen molar-refractivity contribution in [2.24, 2.45) is 0 Å². The predicted octanol–water partition coefficient (Wildman–Crippen LogP) is 2.15. The summed E-state index contributed by atoms with van der Waals surface area (Å²) in [5, 5.41) is -0.0875. The zero-order chi connectivity index (χ0) is 12.3. The Morgan fingerprint density at radius 3 is 2.62 bits per heavy atom. The summed E-state index contributed by atoms with van der Waals surface area (Å²) in [6.45, 7) is 3.93. The summed E-state index contributed by atoms with van der Waals surface area (Å²) >= 11 is 1.55. The van der Waals surface area contributed by atoms with Crippen LogP contribution in [0.5, 0.6) is 0 Å². The number of hydrogen-bond acceptors (Lipinski definition) is 3. The van der Waals surface area contributed by atoms with Gasteiger partial charge >= 0.3 is 0 Å². The minimum absolute atomic E-state index is 0.0875. The van der Waals surface area contributed by atoms with Crippen LogP contribution in [0.2, 0.25) is 0 Å². The molecule has 1 atom stereocenters. The Kier molecular flexibility index (Phi) is 4.24. The monoisotopic (exact) mass is 238 g/mol. The standard InChI is InChI=1S/C12H18N2OS/c1-8-5-6-10(13)7-11(8)16-9(2)12(15)14(3)4/h5-7,9H,13H2,1-4H3. The number of nitrogen functional groups attached to an aromatic ring is 1. The van der Waals surface area contributed by atoms with Gasteiger partial charge in [-0.1, -0.05) is 6.07 Å². The van der Waals surface area contributed by atoms with Gasteiger partial charge in [0, 0.05) is 24.7 Å². The fraction of sp³-hybridized carbons (Fsp3) is 0.417. The highest BCUT2D eigenvalue weighted by atomic mass is 32.2. The number of carbonyl (C=O) groups excluding carboxylic acids is 1. The van der Waals surface area contributed by atoms with Crippen molar-refractivity contribution >= 4 is 23.4 Å². The molecule has 4 heteroatoms. The van der Waals surface area contributed by atoms with Gasteiger partial charge in [0.05, 0.1) is 5.25 Å². The maximum Gasteiger partial charge on any atom is 0.235 e. The van der Waals surface area contributed by atoms with Crippen molar-refractivity contribution in [2.75, 3.05) is 19.8 Å². The average Bonchev–Trinajstić information content (AvgIpc) is 2.22. The second kappa shape index (κ2) is 5.25. The largest absolute Gasteiger partial charge is 0.399 e. The Morgan fingerprint density at radius 1 is 1.44 bits per heavy atom. The van der Waals surface area contributed by atoms with E-state index in [1.165, 1.54) is 0 Å². The minimum atomic E-state index is -0.0875. The number of thioether (sulfide) groups is 1. The van der Waals surface area contributed by atoms with Gasteiger partial charge in [0.15, 0.2) is 0 Å². The highest BCUT2D eigenvalue weighted by molar-refractivity contribution is 8.00. The zero-order valence-electron chi connectivity index (χ0n) is 10.2. The predicted molar refractivity (Wildman–Crippen MR) is 69.6 cm³/mol. The lowest BCUT2D eigenvalue weighted by atomic mass is 10.2. The van der Waals surface area contributed by atoms with Crippen molar-refractivity contribution in [3.8, 4) is 0 Å². The minimum Gasteiger partial charge on any atom is -0.399 e. The fourth-order valence-electron chi connectivity index (χ4n) is 1.35. The Morgan fingerprint density at radius 2 is 2.06 bits per heavy atom. The van der Waals surface area contributed by atoms with Gasteiger partial charge < -0.3 is 10.6 Å². The first kappa shape index (κ1) is 12.9. The number of carbonyl (C=O) groups is 1. The molecule has 1 aromatic carbocycles. The van der Waals surface area contributed by atoms with Gasteiger partial charge in [-0.15, -0.1) is 11.8 Å². The quantitative estimate of drug-likeness (QED) is 0.648. The summed E-state index contributed by atoms with van der Waals surface area (Å²) in [5.41, 5.74) is 7.61. The lowest BCUT2D eigenvalue weighted by Crippen LogP contribution is -2.29. The van der Waals surface area contributed by atoms with Gasteiger partial charge in [-0.05, 0) is 31.5 Å². The van der Waals surface area contributed by atoms with Crippen LogP contribution in [-0.2, 0) is 4.79 Å². The first-order chi connectivity index (χ1) is 7.41. The van der Waals surface area contributed by atoms with Crippen LogP contribution in [-0.4, -0.2) is 30.2 Å². The zero-order valence-corrected chi connectivity index (χ0v) is 11.0. The first-order valence-corrected chi connectivity index (χ1v) is 6.03. The molecule has 3 nitrogen and oxygen atoms in total. The lowest BCUT2D eigenvalue weighted by Gasteiger charge is -2.17. The molecule has 0 radical (unpaired) electrons. The summed E-state index contributed by atoms with van der Waals surface area (Å²) in [7, 11) is 3.54. The van der Waals surface area contributed by atoms with Crippen LogP contribution >= 0.6 is 11.8 Å². The third kappa shape index (κ3) is 3.17. The number of benzene rings is 1. The van der Waals surface area contributed by atoms with Crippen LogP contribution < -0.4 is 5.73 Å². The van der Waals surface area contributed by atoms with E-state index in [9.17, 15) is 4.79 Å². The van der Waals surface area contributed by atoms with Gasteiger partial charge in [0.1, 0.15) is 0 Å². The molecule has 1 rings (SSSR count). The van der Waals surface area contributed by atoms with Gasteiger partial charge in [-0.2, -0.15) is 0 Å². The molecule has 0 heterocycles. The maximum atomic E-state index is 11.7. The van der Waals surface area contributed by atoms with E-state index in [1.807, 2.05) is 32.0 Å². The van der Waals surface area contributed by atoms with E-state index in [1.54, 1.807) is 30.8 Å². The summed E-state index contributed by atoms with van der Waals surface area (Å²) in [5.74, 6) is 0.117. The first-order valence-electron chi connectivity index (χ1n) is 5.15. The number of anilines is 1. The highest BCUT2D eigenvalue weighted by Gasteiger charge is 2.16. The number of aryl methyl sites for hydroxylation is 1. The molecular weight excluding hydrogens is 220 g/mol. The smallest absolute Gasteiger partial charge is 0.235 e. The Labute approximate surface area is 101 Å². The summed E-state index contributed by atoms with van der Waals surface area (Å²) < 4.78 is 0. The fourth-order valence-corrected chi connectivity index (χ4v) is 2.50. The van der Waals surface area contributed by atoms with Gasteiger partial charge in [-0.3, -0.25) is 4.79 Å². The van der Waals surface area contributed by atoms with Gasteiger partial charge in [0.25, 0.3) is 0 Å². The van der Waals surface area contributed by atoms with E-state index in [-0.39, 0.29) is 11.2 Å². The molecule has 0 aliphatic rings. The molecule has 0 aliphatic carbocycles. The molecule has 2 N–H and O–H groups in total. The lowest BCUT2D eigenvalue weighted by molar-refractivity contribution is -0.127. The summed E-state index contributed by atoms with van der Waals surface area (Å²) in [6.07, 6.45) is 0. The van der Waals surface area contributed by atoms with E-state index in [2.05, 4.69) is 0 Å². The van der Waals surface area contributed by atoms with Crippen LogP contribution in [0, 0.1) is 6.92 Å². The molecule has 16 heavy (non-hydrogen) atoms. The van der Waals surface area contributed by atoms with Crippen LogP contribution in [0.25, 0.3) is 0 Å². The van der Waals surface area contributed by atoms with Crippen molar-refractivity contribution in [3.63, 3.8) is 0 Å². The Bertz CT molecular complexity index is 391.